The number of ether oxygens (including phenoxy) is 3. The van der Waals surface area contributed by atoms with Crippen LogP contribution in [0.25, 0.3) is 0 Å². The van der Waals surface area contributed by atoms with Gasteiger partial charge in [-0.05, 0) is 46.6 Å². The average molecular weight is 350 g/mol. The molecule has 0 radical (unpaired) electrons. The molecule has 1 N–H and O–H groups in total. The van der Waals surface area contributed by atoms with Crippen LogP contribution in [0, 0.1) is 0 Å². The third-order valence-corrected chi connectivity index (χ3v) is 3.82. The van der Waals surface area contributed by atoms with E-state index >= 15 is 0 Å². The third-order valence-electron chi connectivity index (χ3n) is 3.82. The van der Waals surface area contributed by atoms with Gasteiger partial charge >= 0.3 is 6.09 Å². The molecule has 138 valence electrons. The molecule has 0 bridgehead atoms. The number of ketones is 1. The van der Waals surface area contributed by atoms with E-state index in [-0.39, 0.29) is 23.8 Å². The molecule has 1 aromatic rings. The van der Waals surface area contributed by atoms with Gasteiger partial charge in [-0.3, -0.25) is 4.79 Å². The van der Waals surface area contributed by atoms with Crippen molar-refractivity contribution in [2.45, 2.75) is 64.7 Å². The molecule has 1 heterocycles. The second-order valence-electron chi connectivity index (χ2n) is 7.15. The molecule has 7 heteroatoms. The Morgan fingerprint density at radius 3 is 2.60 bits per heavy atom. The minimum atomic E-state index is -0.525. The quantitative estimate of drug-likeness (QED) is 0.821. The number of rotatable bonds is 5. The van der Waals surface area contributed by atoms with Gasteiger partial charge in [-0.1, -0.05) is 0 Å². The molecule has 0 spiro atoms. The number of pyridine rings is 1. The van der Waals surface area contributed by atoms with Crippen LogP contribution in [0.3, 0.4) is 0 Å². The van der Waals surface area contributed by atoms with E-state index in [0.717, 1.165) is 12.8 Å². The fourth-order valence-electron chi connectivity index (χ4n) is 2.84. The lowest BCUT2D eigenvalue weighted by Gasteiger charge is -2.22. The number of hydrogen-bond acceptors (Lipinski definition) is 6. The molecule has 0 aromatic carbocycles. The lowest BCUT2D eigenvalue weighted by atomic mass is 10.1. The number of methoxy groups -OCH3 is 1. The van der Waals surface area contributed by atoms with Crippen molar-refractivity contribution < 1.29 is 23.8 Å². The fourth-order valence-corrected chi connectivity index (χ4v) is 2.84. The first-order chi connectivity index (χ1) is 11.7. The second-order valence-corrected chi connectivity index (χ2v) is 7.15. The predicted octanol–water partition coefficient (Wildman–Crippen LogP) is 3.12. The molecule has 1 aliphatic rings. The van der Waals surface area contributed by atoms with Crippen molar-refractivity contribution in [2.75, 3.05) is 7.11 Å². The van der Waals surface area contributed by atoms with Crippen LogP contribution >= 0.6 is 0 Å². The zero-order valence-corrected chi connectivity index (χ0v) is 15.4. The van der Waals surface area contributed by atoms with Crippen LogP contribution in [-0.2, 0) is 4.74 Å². The van der Waals surface area contributed by atoms with E-state index in [0.29, 0.717) is 17.7 Å². The summed E-state index contributed by atoms with van der Waals surface area (Å²) < 4.78 is 16.4. The summed E-state index contributed by atoms with van der Waals surface area (Å²) in [5.41, 5.74) is -0.184. The maximum atomic E-state index is 11.9. The van der Waals surface area contributed by atoms with Gasteiger partial charge in [-0.15, -0.1) is 0 Å². The van der Waals surface area contributed by atoms with Crippen molar-refractivity contribution in [3.05, 3.63) is 17.8 Å². The van der Waals surface area contributed by atoms with Gasteiger partial charge < -0.3 is 19.5 Å². The van der Waals surface area contributed by atoms with E-state index in [4.69, 9.17) is 14.2 Å². The number of hydrogen-bond donors (Lipinski definition) is 1. The monoisotopic (exact) mass is 350 g/mol. The summed E-state index contributed by atoms with van der Waals surface area (Å²) in [7, 11) is 1.47. The number of amides is 1. The second kappa shape index (κ2) is 7.72. The van der Waals surface area contributed by atoms with Gasteiger partial charge in [-0.2, -0.15) is 0 Å². The Morgan fingerprint density at radius 2 is 2.00 bits per heavy atom. The molecular weight excluding hydrogens is 324 g/mol. The number of nitrogens with one attached hydrogen (secondary N) is 1. The summed E-state index contributed by atoms with van der Waals surface area (Å²) in [6, 6.07) is 1.65. The first kappa shape index (κ1) is 19.0. The summed E-state index contributed by atoms with van der Waals surface area (Å²) in [6.07, 6.45) is 3.26. The number of carbonyl (C=O) groups excluding carboxylic acids is 2. The molecule has 0 unspecified atom stereocenters. The molecule has 1 saturated carbocycles. The third kappa shape index (κ3) is 5.34. The molecule has 2 rings (SSSR count). The minimum Gasteiger partial charge on any atom is -0.489 e. The molecule has 7 nitrogen and oxygen atoms in total. The highest BCUT2D eigenvalue weighted by Crippen LogP contribution is 2.31. The largest absolute Gasteiger partial charge is 0.489 e. The lowest BCUT2D eigenvalue weighted by molar-refractivity contribution is 0.0503. The Morgan fingerprint density at radius 1 is 1.28 bits per heavy atom. The first-order valence-electron chi connectivity index (χ1n) is 8.39. The molecular formula is C18H26N2O5. The van der Waals surface area contributed by atoms with Crippen LogP contribution in [0.4, 0.5) is 4.79 Å². The molecule has 1 aliphatic carbocycles. The van der Waals surface area contributed by atoms with Gasteiger partial charge in [0, 0.05) is 18.7 Å². The van der Waals surface area contributed by atoms with Crippen LogP contribution < -0.4 is 14.8 Å². The highest BCUT2D eigenvalue weighted by atomic mass is 16.6. The maximum Gasteiger partial charge on any atom is 0.407 e. The van der Waals surface area contributed by atoms with Crippen molar-refractivity contribution in [3.63, 3.8) is 0 Å². The van der Waals surface area contributed by atoms with Gasteiger partial charge in [0.2, 0.25) is 5.88 Å². The SMILES string of the molecule is COc1nccc(O[C@@H]2CC[C@H](NC(=O)OC(C)(C)C)C2)c1C(C)=O. The molecule has 2 atom stereocenters. The summed E-state index contributed by atoms with van der Waals surface area (Å²) >= 11 is 0. The van der Waals surface area contributed by atoms with Crippen LogP contribution in [0.15, 0.2) is 12.3 Å². The van der Waals surface area contributed by atoms with E-state index < -0.39 is 11.7 Å². The zero-order chi connectivity index (χ0) is 18.6. The standard InChI is InChI=1S/C18H26N2O5/c1-11(21)15-14(8-9-19-16(15)23-5)24-13-7-6-12(10-13)20-17(22)25-18(2,3)4/h8-9,12-13H,6-7,10H2,1-5H3,(H,20,22)/t12-,13+/m0/s1. The van der Waals surface area contributed by atoms with Gasteiger partial charge in [-0.25, -0.2) is 9.78 Å². The van der Waals surface area contributed by atoms with Crippen molar-refractivity contribution >= 4 is 11.9 Å². The average Bonchev–Trinajstić information content (AvgIpc) is 2.91. The van der Waals surface area contributed by atoms with Crippen LogP contribution in [-0.4, -0.2) is 41.7 Å². The molecule has 1 fully saturated rings. The maximum absolute atomic E-state index is 11.9. The van der Waals surface area contributed by atoms with E-state index in [1.165, 1.54) is 14.0 Å². The number of Topliss-reactive ketones (excluding diaryl/α,β-unsaturated/α-hetero) is 1. The molecule has 0 saturated heterocycles. The normalized spacial score (nSPS) is 20.0. The summed E-state index contributed by atoms with van der Waals surface area (Å²) in [5, 5.41) is 2.87. The van der Waals surface area contributed by atoms with Crippen molar-refractivity contribution in [1.82, 2.24) is 10.3 Å². The Balaban J connectivity index is 1.98. The van der Waals surface area contributed by atoms with Crippen LogP contribution in [0.5, 0.6) is 11.6 Å². The number of nitrogens with zero attached hydrogens (tertiary/aromatic N) is 1. The van der Waals surface area contributed by atoms with E-state index in [1.54, 1.807) is 12.3 Å². The molecule has 1 amide bonds. The summed E-state index contributed by atoms with van der Waals surface area (Å²) in [6.45, 7) is 6.93. The minimum absolute atomic E-state index is 0.00985. The van der Waals surface area contributed by atoms with E-state index in [9.17, 15) is 9.59 Å². The first-order valence-corrected chi connectivity index (χ1v) is 8.39. The number of aromatic nitrogens is 1. The lowest BCUT2D eigenvalue weighted by Crippen LogP contribution is -2.38. The van der Waals surface area contributed by atoms with Crippen LogP contribution in [0.2, 0.25) is 0 Å². The molecule has 25 heavy (non-hydrogen) atoms. The topological polar surface area (TPSA) is 86.8 Å². The highest BCUT2D eigenvalue weighted by Gasteiger charge is 2.30. The summed E-state index contributed by atoms with van der Waals surface area (Å²) in [5.74, 6) is 0.551. The predicted molar refractivity (Wildman–Crippen MR) is 92.2 cm³/mol. The number of carbonyl (C=O) groups is 2. The zero-order valence-electron chi connectivity index (χ0n) is 15.4. The fraction of sp³-hybridized carbons (Fsp3) is 0.611. The van der Waals surface area contributed by atoms with Gasteiger partial charge in [0.25, 0.3) is 0 Å². The van der Waals surface area contributed by atoms with Gasteiger partial charge in [0.05, 0.1) is 7.11 Å². The highest BCUT2D eigenvalue weighted by molar-refractivity contribution is 5.99. The van der Waals surface area contributed by atoms with Crippen molar-refractivity contribution in [2.24, 2.45) is 0 Å². The Labute approximate surface area is 148 Å². The van der Waals surface area contributed by atoms with Crippen molar-refractivity contribution in [1.29, 1.82) is 0 Å². The van der Waals surface area contributed by atoms with Gasteiger partial charge in [0.15, 0.2) is 5.78 Å². The Kier molecular flexibility index (Phi) is 5.87. The van der Waals surface area contributed by atoms with Crippen molar-refractivity contribution in [3.8, 4) is 11.6 Å². The molecule has 1 aromatic heterocycles. The van der Waals surface area contributed by atoms with E-state index in [2.05, 4.69) is 10.3 Å². The van der Waals surface area contributed by atoms with Crippen LogP contribution in [0.1, 0.15) is 57.3 Å². The van der Waals surface area contributed by atoms with Gasteiger partial charge in [0.1, 0.15) is 23.0 Å². The molecule has 0 aliphatic heterocycles. The Hall–Kier alpha value is -2.31. The summed E-state index contributed by atoms with van der Waals surface area (Å²) in [4.78, 5) is 27.8. The Bertz CT molecular complexity index is 639. The van der Waals surface area contributed by atoms with E-state index in [1.807, 2.05) is 20.8 Å². The smallest absolute Gasteiger partial charge is 0.407 e. The number of alkyl carbamates (subject to hydrolysis) is 1.